The first kappa shape index (κ1) is 14.8. The lowest BCUT2D eigenvalue weighted by Crippen LogP contribution is -2.58. The van der Waals surface area contributed by atoms with Crippen LogP contribution in [0.25, 0.3) is 0 Å². The fourth-order valence-electron chi connectivity index (χ4n) is 2.74. The van der Waals surface area contributed by atoms with E-state index in [1.807, 2.05) is 6.92 Å². The molecule has 1 saturated heterocycles. The predicted octanol–water partition coefficient (Wildman–Crippen LogP) is 0.781. The van der Waals surface area contributed by atoms with E-state index in [-0.39, 0.29) is 12.1 Å². The summed E-state index contributed by atoms with van der Waals surface area (Å²) in [4.78, 5) is 14.4. The van der Waals surface area contributed by atoms with Gasteiger partial charge in [0.25, 0.3) is 0 Å². The molecule has 1 aliphatic carbocycles. The molecule has 2 rings (SSSR count). The Balaban J connectivity index is 1.99. The number of esters is 1. The third kappa shape index (κ3) is 4.16. The van der Waals surface area contributed by atoms with Gasteiger partial charge in [-0.05, 0) is 33.1 Å². The Morgan fingerprint density at radius 2 is 2.26 bits per heavy atom. The smallest absolute Gasteiger partial charge is 0.327 e. The number of hydrogen-bond acceptors (Lipinski definition) is 5. The molecule has 2 aliphatic rings. The van der Waals surface area contributed by atoms with Crippen LogP contribution in [0.2, 0.25) is 0 Å². The van der Waals surface area contributed by atoms with E-state index in [0.717, 1.165) is 39.0 Å². The van der Waals surface area contributed by atoms with Gasteiger partial charge < -0.3 is 9.47 Å². The van der Waals surface area contributed by atoms with Gasteiger partial charge in [-0.1, -0.05) is 0 Å². The van der Waals surface area contributed by atoms with Gasteiger partial charge in [0.15, 0.2) is 0 Å². The highest BCUT2D eigenvalue weighted by molar-refractivity contribution is 5.80. The van der Waals surface area contributed by atoms with Crippen LogP contribution >= 0.6 is 0 Å². The van der Waals surface area contributed by atoms with Crippen LogP contribution in [0.5, 0.6) is 0 Å². The molecule has 0 radical (unpaired) electrons. The summed E-state index contributed by atoms with van der Waals surface area (Å²) in [5.41, 5.74) is -0.611. The molecule has 2 atom stereocenters. The third-order valence-electron chi connectivity index (χ3n) is 3.81. The molecule has 0 bridgehead atoms. The Morgan fingerprint density at radius 1 is 1.53 bits per heavy atom. The Hall–Kier alpha value is -0.650. The minimum atomic E-state index is -0.611. The lowest BCUT2D eigenvalue weighted by Gasteiger charge is -2.34. The summed E-state index contributed by atoms with van der Waals surface area (Å²) in [7, 11) is 1.46. The molecule has 0 amide bonds. The second-order valence-corrected chi connectivity index (χ2v) is 6.01. The highest BCUT2D eigenvalue weighted by atomic mass is 16.5. The molecule has 1 heterocycles. The highest BCUT2D eigenvalue weighted by Crippen LogP contribution is 2.24. The normalized spacial score (nSPS) is 28.5. The third-order valence-corrected chi connectivity index (χ3v) is 3.81. The molecule has 1 aliphatic heterocycles. The van der Waals surface area contributed by atoms with Gasteiger partial charge in [0, 0.05) is 32.3 Å². The van der Waals surface area contributed by atoms with Gasteiger partial charge in [-0.25, -0.2) is 0 Å². The van der Waals surface area contributed by atoms with Crippen molar-refractivity contribution in [2.45, 2.75) is 50.8 Å². The van der Waals surface area contributed by atoms with E-state index in [0.29, 0.717) is 12.6 Å². The molecule has 1 N–H and O–H groups in total. The summed E-state index contributed by atoms with van der Waals surface area (Å²) < 4.78 is 10.6. The first-order valence-corrected chi connectivity index (χ1v) is 7.23. The molecule has 0 spiro atoms. The Bertz CT molecular complexity index is 320. The van der Waals surface area contributed by atoms with Gasteiger partial charge in [0.1, 0.15) is 5.54 Å². The number of nitrogens with zero attached hydrogens (tertiary/aromatic N) is 1. The van der Waals surface area contributed by atoms with E-state index in [4.69, 9.17) is 9.47 Å². The first-order chi connectivity index (χ1) is 9.03. The quantitative estimate of drug-likeness (QED) is 0.748. The summed E-state index contributed by atoms with van der Waals surface area (Å²) in [5, 5.41) is 3.44. The van der Waals surface area contributed by atoms with Crippen molar-refractivity contribution in [3.05, 3.63) is 0 Å². The van der Waals surface area contributed by atoms with E-state index < -0.39 is 5.54 Å². The van der Waals surface area contributed by atoms with Crippen LogP contribution in [0.15, 0.2) is 0 Å². The van der Waals surface area contributed by atoms with Gasteiger partial charge in [0.2, 0.25) is 0 Å². The van der Waals surface area contributed by atoms with E-state index >= 15 is 0 Å². The monoisotopic (exact) mass is 270 g/mol. The van der Waals surface area contributed by atoms with E-state index in [2.05, 4.69) is 17.1 Å². The van der Waals surface area contributed by atoms with Crippen molar-refractivity contribution < 1.29 is 14.3 Å². The number of carbonyl (C=O) groups is 1. The first-order valence-electron chi connectivity index (χ1n) is 7.23. The van der Waals surface area contributed by atoms with Crippen LogP contribution in [-0.2, 0) is 14.3 Å². The molecule has 0 aromatic carbocycles. The number of ether oxygens (including phenoxy) is 2. The summed E-state index contributed by atoms with van der Waals surface area (Å²) in [6, 6.07) is 0.477. The maximum absolute atomic E-state index is 12.1. The van der Waals surface area contributed by atoms with Gasteiger partial charge in [-0.2, -0.15) is 0 Å². The molecule has 5 heteroatoms. The van der Waals surface area contributed by atoms with Gasteiger partial charge in [0.05, 0.1) is 13.2 Å². The standard InChI is InChI=1S/C14H26N2O3/c1-11-9-16(7-4-8-19-11)10-14(2,13(17)18-3)15-12-5-6-12/h11-12,15H,4-10H2,1-3H3. The van der Waals surface area contributed by atoms with Gasteiger partial charge >= 0.3 is 5.97 Å². The van der Waals surface area contributed by atoms with Crippen LogP contribution < -0.4 is 5.32 Å². The van der Waals surface area contributed by atoms with E-state index in [1.165, 1.54) is 7.11 Å². The van der Waals surface area contributed by atoms with Crippen molar-refractivity contribution in [2.75, 3.05) is 33.4 Å². The maximum atomic E-state index is 12.1. The van der Waals surface area contributed by atoms with Gasteiger partial charge in [-0.3, -0.25) is 15.0 Å². The molecular weight excluding hydrogens is 244 g/mol. The number of hydrogen-bond donors (Lipinski definition) is 1. The SMILES string of the molecule is COC(=O)C(C)(CN1CCCOC(C)C1)NC1CC1. The van der Waals surface area contributed by atoms with Crippen LogP contribution in [0.1, 0.15) is 33.1 Å². The Kier molecular flexibility index (Phi) is 4.81. The summed E-state index contributed by atoms with van der Waals surface area (Å²) in [6.07, 6.45) is 3.56. The summed E-state index contributed by atoms with van der Waals surface area (Å²) in [5.74, 6) is -0.169. The van der Waals surface area contributed by atoms with Crippen molar-refractivity contribution in [3.63, 3.8) is 0 Å². The average molecular weight is 270 g/mol. The zero-order valence-corrected chi connectivity index (χ0v) is 12.3. The topological polar surface area (TPSA) is 50.8 Å². The molecular formula is C14H26N2O3. The Labute approximate surface area is 115 Å². The van der Waals surface area contributed by atoms with E-state index in [1.54, 1.807) is 0 Å². The van der Waals surface area contributed by atoms with Crippen molar-refractivity contribution in [1.82, 2.24) is 10.2 Å². The summed E-state index contributed by atoms with van der Waals surface area (Å²) in [6.45, 7) is 7.38. The maximum Gasteiger partial charge on any atom is 0.327 e. The van der Waals surface area contributed by atoms with Crippen molar-refractivity contribution in [3.8, 4) is 0 Å². The zero-order chi connectivity index (χ0) is 13.9. The van der Waals surface area contributed by atoms with Crippen molar-refractivity contribution >= 4 is 5.97 Å². The molecule has 1 saturated carbocycles. The molecule has 0 aromatic rings. The fourth-order valence-corrected chi connectivity index (χ4v) is 2.74. The second kappa shape index (κ2) is 6.20. The van der Waals surface area contributed by atoms with Crippen molar-refractivity contribution in [1.29, 1.82) is 0 Å². The van der Waals surface area contributed by atoms with Crippen LogP contribution in [0.3, 0.4) is 0 Å². The number of rotatable bonds is 5. The molecule has 110 valence electrons. The highest BCUT2D eigenvalue weighted by Gasteiger charge is 2.41. The van der Waals surface area contributed by atoms with Crippen LogP contribution in [-0.4, -0.2) is 61.9 Å². The minimum absolute atomic E-state index is 0.169. The molecule has 2 fully saturated rings. The van der Waals surface area contributed by atoms with Crippen molar-refractivity contribution in [2.24, 2.45) is 0 Å². The predicted molar refractivity (Wildman–Crippen MR) is 73.0 cm³/mol. The minimum Gasteiger partial charge on any atom is -0.468 e. The molecule has 0 aromatic heterocycles. The van der Waals surface area contributed by atoms with E-state index in [9.17, 15) is 4.79 Å². The number of nitrogens with one attached hydrogen (secondary N) is 1. The number of carbonyl (C=O) groups excluding carboxylic acids is 1. The number of methoxy groups -OCH3 is 1. The summed E-state index contributed by atoms with van der Waals surface area (Å²) >= 11 is 0. The van der Waals surface area contributed by atoms with Crippen LogP contribution in [0, 0.1) is 0 Å². The van der Waals surface area contributed by atoms with Crippen LogP contribution in [0.4, 0.5) is 0 Å². The fraction of sp³-hybridized carbons (Fsp3) is 0.929. The molecule has 5 nitrogen and oxygen atoms in total. The second-order valence-electron chi connectivity index (χ2n) is 6.01. The Morgan fingerprint density at radius 3 is 2.89 bits per heavy atom. The molecule has 2 unspecified atom stereocenters. The zero-order valence-electron chi connectivity index (χ0n) is 12.3. The lowest BCUT2D eigenvalue weighted by molar-refractivity contribution is -0.149. The van der Waals surface area contributed by atoms with Gasteiger partial charge in [-0.15, -0.1) is 0 Å². The lowest BCUT2D eigenvalue weighted by atomic mass is 10.0. The average Bonchev–Trinajstić information content (AvgIpc) is 3.17. The molecule has 19 heavy (non-hydrogen) atoms. The largest absolute Gasteiger partial charge is 0.468 e.